The Bertz CT molecular complexity index is 677. The number of benzene rings is 1. The van der Waals surface area contributed by atoms with Crippen LogP contribution in [-0.4, -0.2) is 35.7 Å². The van der Waals surface area contributed by atoms with E-state index in [1.165, 1.54) is 0 Å². The molecular weight excluding hydrogens is 342 g/mol. The topological polar surface area (TPSA) is 67.8 Å². The minimum atomic E-state index is -1.12. The van der Waals surface area contributed by atoms with Crippen molar-refractivity contribution in [2.45, 2.75) is 56.5 Å². The van der Waals surface area contributed by atoms with Crippen LogP contribution in [0.1, 0.15) is 44.1 Å². The third kappa shape index (κ3) is 5.37. The molecule has 1 aromatic carbocycles. The Kier molecular flexibility index (Phi) is 5.85. The normalized spacial score (nSPS) is 28.7. The maximum Gasteiger partial charge on any atom is 0.409 e. The molecule has 0 radical (unpaired) electrons. The van der Waals surface area contributed by atoms with E-state index in [4.69, 9.17) is 21.1 Å². The minimum Gasteiger partial charge on any atom is -0.420 e. The van der Waals surface area contributed by atoms with Crippen molar-refractivity contribution < 1.29 is 19.4 Å². The van der Waals surface area contributed by atoms with Crippen molar-refractivity contribution in [3.8, 4) is 11.8 Å². The van der Waals surface area contributed by atoms with E-state index in [2.05, 4.69) is 17.2 Å². The largest absolute Gasteiger partial charge is 0.420 e. The number of aliphatic hydroxyl groups is 1. The van der Waals surface area contributed by atoms with Gasteiger partial charge in [0.1, 0.15) is 5.60 Å². The Morgan fingerprint density at radius 2 is 2.28 bits per heavy atom. The van der Waals surface area contributed by atoms with Gasteiger partial charge in [0.25, 0.3) is 0 Å². The first-order chi connectivity index (χ1) is 12.0. The predicted octanol–water partition coefficient (Wildman–Crippen LogP) is 3.23. The molecule has 2 aliphatic rings. The summed E-state index contributed by atoms with van der Waals surface area (Å²) in [5.74, 6) is 5.93. The Labute approximate surface area is 152 Å². The molecule has 2 fully saturated rings. The van der Waals surface area contributed by atoms with Crippen LogP contribution in [0, 0.1) is 11.8 Å². The first-order valence-electron chi connectivity index (χ1n) is 8.62. The standard InChI is InChI=1S/C19H22ClNO4/c20-15-5-1-4-14(12-15)8-10-19(23)9-2-6-16(13-19)21-18(22)25-17-7-3-11-24-17/h1,4-5,12,16-17,23H,2-3,6-7,9,11,13H2,(H,21,22)/t16-,17-,19+/m1/s1. The molecule has 0 aromatic heterocycles. The highest BCUT2D eigenvalue weighted by Crippen LogP contribution is 2.28. The number of ether oxygens (including phenoxy) is 2. The lowest BCUT2D eigenvalue weighted by Crippen LogP contribution is -2.45. The second-order valence-electron chi connectivity index (χ2n) is 6.58. The summed E-state index contributed by atoms with van der Waals surface area (Å²) in [7, 11) is 0. The molecule has 0 bridgehead atoms. The van der Waals surface area contributed by atoms with Gasteiger partial charge < -0.3 is 19.9 Å². The van der Waals surface area contributed by atoms with Crippen molar-refractivity contribution in [1.29, 1.82) is 0 Å². The lowest BCUT2D eigenvalue weighted by molar-refractivity contribution is -0.0695. The third-order valence-electron chi connectivity index (χ3n) is 4.44. The summed E-state index contributed by atoms with van der Waals surface area (Å²) >= 11 is 5.95. The highest BCUT2D eigenvalue weighted by Gasteiger charge is 2.34. The molecule has 1 saturated carbocycles. The van der Waals surface area contributed by atoms with Gasteiger partial charge in [0, 0.05) is 29.5 Å². The molecule has 25 heavy (non-hydrogen) atoms. The fourth-order valence-electron chi connectivity index (χ4n) is 3.21. The van der Waals surface area contributed by atoms with Gasteiger partial charge in [0.2, 0.25) is 6.29 Å². The van der Waals surface area contributed by atoms with Crippen molar-refractivity contribution in [2.75, 3.05) is 6.61 Å². The molecule has 134 valence electrons. The molecular formula is C19H22ClNO4. The highest BCUT2D eigenvalue weighted by atomic mass is 35.5. The number of halogens is 1. The molecule has 3 rings (SSSR count). The van der Waals surface area contributed by atoms with Crippen LogP contribution in [0.3, 0.4) is 0 Å². The van der Waals surface area contributed by atoms with Crippen molar-refractivity contribution >= 4 is 17.7 Å². The fourth-order valence-corrected chi connectivity index (χ4v) is 3.40. The maximum atomic E-state index is 11.9. The lowest BCUT2D eigenvalue weighted by Gasteiger charge is -2.33. The van der Waals surface area contributed by atoms with Gasteiger partial charge >= 0.3 is 6.09 Å². The summed E-state index contributed by atoms with van der Waals surface area (Å²) in [5.41, 5.74) is -0.364. The van der Waals surface area contributed by atoms with Crippen LogP contribution in [0.5, 0.6) is 0 Å². The number of hydrogen-bond acceptors (Lipinski definition) is 4. The van der Waals surface area contributed by atoms with E-state index in [9.17, 15) is 9.90 Å². The molecule has 0 spiro atoms. The molecule has 1 saturated heterocycles. The van der Waals surface area contributed by atoms with Crippen LogP contribution >= 0.6 is 11.6 Å². The average molecular weight is 364 g/mol. The second kappa shape index (κ2) is 8.09. The fraction of sp³-hybridized carbons (Fsp3) is 0.526. The van der Waals surface area contributed by atoms with Gasteiger partial charge in [-0.25, -0.2) is 4.79 Å². The van der Waals surface area contributed by atoms with Crippen molar-refractivity contribution in [1.82, 2.24) is 5.32 Å². The molecule has 1 amide bonds. The summed E-state index contributed by atoms with van der Waals surface area (Å²) in [5, 5.41) is 14.2. The highest BCUT2D eigenvalue weighted by molar-refractivity contribution is 6.30. The number of hydrogen-bond donors (Lipinski definition) is 2. The summed E-state index contributed by atoms with van der Waals surface area (Å²) in [6.07, 6.45) is 3.22. The number of carbonyl (C=O) groups is 1. The molecule has 5 nitrogen and oxygen atoms in total. The lowest BCUT2D eigenvalue weighted by atomic mass is 9.82. The number of nitrogens with one attached hydrogen (secondary N) is 1. The van der Waals surface area contributed by atoms with Crippen LogP contribution in [0.2, 0.25) is 5.02 Å². The summed E-state index contributed by atoms with van der Waals surface area (Å²) < 4.78 is 10.5. The zero-order chi connectivity index (χ0) is 17.7. The van der Waals surface area contributed by atoms with E-state index in [-0.39, 0.29) is 6.04 Å². The number of carbonyl (C=O) groups excluding carboxylic acids is 1. The van der Waals surface area contributed by atoms with Gasteiger partial charge in [-0.1, -0.05) is 29.5 Å². The van der Waals surface area contributed by atoms with Crippen LogP contribution in [-0.2, 0) is 9.47 Å². The van der Waals surface area contributed by atoms with Gasteiger partial charge in [-0.3, -0.25) is 0 Å². The van der Waals surface area contributed by atoms with E-state index in [1.54, 1.807) is 12.1 Å². The third-order valence-corrected chi connectivity index (χ3v) is 4.67. The second-order valence-corrected chi connectivity index (χ2v) is 7.01. The van der Waals surface area contributed by atoms with Crippen molar-refractivity contribution in [2.24, 2.45) is 0 Å². The Morgan fingerprint density at radius 1 is 1.40 bits per heavy atom. The van der Waals surface area contributed by atoms with E-state index in [0.29, 0.717) is 24.5 Å². The van der Waals surface area contributed by atoms with E-state index < -0.39 is 18.0 Å². The molecule has 2 N–H and O–H groups in total. The average Bonchev–Trinajstić information content (AvgIpc) is 3.06. The molecule has 3 atom stereocenters. The van der Waals surface area contributed by atoms with Crippen molar-refractivity contribution in [3.05, 3.63) is 34.9 Å². The minimum absolute atomic E-state index is 0.165. The molecule has 0 unspecified atom stereocenters. The molecule has 1 aliphatic heterocycles. The number of alkyl carbamates (subject to hydrolysis) is 1. The van der Waals surface area contributed by atoms with Crippen LogP contribution in [0.4, 0.5) is 4.79 Å². The van der Waals surface area contributed by atoms with Gasteiger partial charge in [-0.15, -0.1) is 0 Å². The Balaban J connectivity index is 1.57. The summed E-state index contributed by atoms with van der Waals surface area (Å²) in [4.78, 5) is 11.9. The summed E-state index contributed by atoms with van der Waals surface area (Å²) in [6, 6.07) is 7.04. The Morgan fingerprint density at radius 3 is 3.04 bits per heavy atom. The zero-order valence-electron chi connectivity index (χ0n) is 14.0. The number of rotatable bonds is 2. The predicted molar refractivity (Wildman–Crippen MR) is 94.1 cm³/mol. The van der Waals surface area contributed by atoms with Gasteiger partial charge in [0.05, 0.1) is 6.61 Å². The van der Waals surface area contributed by atoms with E-state index in [0.717, 1.165) is 31.2 Å². The van der Waals surface area contributed by atoms with Crippen LogP contribution in [0.15, 0.2) is 24.3 Å². The summed E-state index contributed by atoms with van der Waals surface area (Å²) in [6.45, 7) is 0.625. The van der Waals surface area contributed by atoms with E-state index in [1.807, 2.05) is 12.1 Å². The smallest absolute Gasteiger partial charge is 0.409 e. The molecule has 1 aliphatic carbocycles. The first kappa shape index (κ1) is 18.1. The van der Waals surface area contributed by atoms with Crippen molar-refractivity contribution in [3.63, 3.8) is 0 Å². The maximum absolute atomic E-state index is 11.9. The van der Waals surface area contributed by atoms with Gasteiger partial charge in [-0.2, -0.15) is 0 Å². The van der Waals surface area contributed by atoms with Crippen LogP contribution in [0.25, 0.3) is 0 Å². The monoisotopic (exact) mass is 363 g/mol. The van der Waals surface area contributed by atoms with E-state index >= 15 is 0 Å². The zero-order valence-corrected chi connectivity index (χ0v) is 14.7. The first-order valence-corrected chi connectivity index (χ1v) is 9.00. The molecule has 6 heteroatoms. The molecule has 1 heterocycles. The number of amides is 1. The van der Waals surface area contributed by atoms with Gasteiger partial charge in [-0.05, 0) is 43.9 Å². The SMILES string of the molecule is O=C(N[C@@H]1CCC[C@](O)(C#Cc2cccc(Cl)c2)C1)O[C@@H]1CCCO1. The Hall–Kier alpha value is -1.74. The quantitative estimate of drug-likeness (QED) is 0.792. The molecule has 1 aromatic rings. The van der Waals surface area contributed by atoms with Crippen LogP contribution < -0.4 is 5.32 Å². The van der Waals surface area contributed by atoms with Gasteiger partial charge in [0.15, 0.2) is 0 Å².